The molecule has 108 valence electrons. The highest BCUT2D eigenvalue weighted by Crippen LogP contribution is 2.24. The Morgan fingerprint density at radius 2 is 2.10 bits per heavy atom. The van der Waals surface area contributed by atoms with Gasteiger partial charge in [-0.1, -0.05) is 18.2 Å². The fourth-order valence-corrected chi connectivity index (χ4v) is 3.10. The molecule has 2 aliphatic heterocycles. The van der Waals surface area contributed by atoms with Gasteiger partial charge in [0.15, 0.2) is 0 Å². The Hall–Kier alpha value is -1.55. The lowest BCUT2D eigenvalue weighted by Crippen LogP contribution is -2.44. The molecule has 0 aliphatic carbocycles. The van der Waals surface area contributed by atoms with E-state index >= 15 is 0 Å². The van der Waals surface area contributed by atoms with E-state index in [0.717, 1.165) is 31.6 Å². The van der Waals surface area contributed by atoms with Gasteiger partial charge in [0.2, 0.25) is 5.91 Å². The van der Waals surface area contributed by atoms with Crippen LogP contribution in [0.4, 0.5) is 5.69 Å². The normalized spacial score (nSPS) is 22.1. The van der Waals surface area contributed by atoms with Crippen molar-refractivity contribution in [2.45, 2.75) is 31.7 Å². The Balaban J connectivity index is 1.46. The van der Waals surface area contributed by atoms with Crippen LogP contribution in [-0.4, -0.2) is 43.0 Å². The molecule has 4 heteroatoms. The molecular formula is C16H23N3O. The van der Waals surface area contributed by atoms with Gasteiger partial charge in [0.25, 0.3) is 0 Å². The third kappa shape index (κ3) is 3.12. The van der Waals surface area contributed by atoms with E-state index < -0.39 is 0 Å². The standard InChI is InChI=1S/C16H23N3O/c20-16(17-9-12-19-10-3-4-11-19)15-8-7-13-5-1-2-6-14(13)18-15/h1-2,5-6,15,18H,3-4,7-12H2,(H,17,20). The van der Waals surface area contributed by atoms with Crippen LogP contribution < -0.4 is 10.6 Å². The maximum atomic E-state index is 12.2. The number of hydrogen-bond acceptors (Lipinski definition) is 3. The SMILES string of the molecule is O=C(NCCN1CCCC1)C1CCc2ccccc2N1. The molecule has 1 saturated heterocycles. The minimum absolute atomic E-state index is 0.0801. The van der Waals surface area contributed by atoms with Crippen molar-refractivity contribution in [3.05, 3.63) is 29.8 Å². The number of amides is 1. The molecule has 2 heterocycles. The second-order valence-electron chi connectivity index (χ2n) is 5.73. The molecule has 1 aromatic carbocycles. The fraction of sp³-hybridized carbons (Fsp3) is 0.562. The van der Waals surface area contributed by atoms with Gasteiger partial charge >= 0.3 is 0 Å². The molecule has 2 N–H and O–H groups in total. The van der Waals surface area contributed by atoms with Crippen LogP contribution >= 0.6 is 0 Å². The number of carbonyl (C=O) groups excluding carboxylic acids is 1. The highest BCUT2D eigenvalue weighted by molar-refractivity contribution is 5.85. The van der Waals surface area contributed by atoms with Crippen molar-refractivity contribution in [2.24, 2.45) is 0 Å². The third-order valence-electron chi connectivity index (χ3n) is 4.29. The molecule has 3 rings (SSSR count). The highest BCUT2D eigenvalue weighted by atomic mass is 16.2. The zero-order chi connectivity index (χ0) is 13.8. The van der Waals surface area contributed by atoms with E-state index in [1.165, 1.54) is 31.5 Å². The number of carbonyl (C=O) groups is 1. The van der Waals surface area contributed by atoms with Crippen LogP contribution in [0.25, 0.3) is 0 Å². The molecule has 4 nitrogen and oxygen atoms in total. The molecule has 0 bridgehead atoms. The molecule has 0 saturated carbocycles. The van der Waals surface area contributed by atoms with Crippen LogP contribution in [0.5, 0.6) is 0 Å². The first-order chi connectivity index (χ1) is 9.83. The predicted octanol–water partition coefficient (Wildman–Crippen LogP) is 1.63. The number of nitrogens with zero attached hydrogens (tertiary/aromatic N) is 1. The first kappa shape index (κ1) is 13.4. The smallest absolute Gasteiger partial charge is 0.242 e. The van der Waals surface area contributed by atoms with E-state index in [1.807, 2.05) is 6.07 Å². The maximum Gasteiger partial charge on any atom is 0.242 e. The van der Waals surface area contributed by atoms with Crippen LogP contribution in [-0.2, 0) is 11.2 Å². The van der Waals surface area contributed by atoms with E-state index in [0.29, 0.717) is 0 Å². The minimum Gasteiger partial charge on any atom is -0.373 e. The molecule has 1 aromatic rings. The number of hydrogen-bond donors (Lipinski definition) is 2. The number of para-hydroxylation sites is 1. The average molecular weight is 273 g/mol. The van der Waals surface area contributed by atoms with Crippen molar-refractivity contribution in [3.8, 4) is 0 Å². The first-order valence-corrected chi connectivity index (χ1v) is 7.67. The topological polar surface area (TPSA) is 44.4 Å². The molecule has 0 spiro atoms. The summed E-state index contributed by atoms with van der Waals surface area (Å²) >= 11 is 0. The number of nitrogens with one attached hydrogen (secondary N) is 2. The molecular weight excluding hydrogens is 250 g/mol. The van der Waals surface area contributed by atoms with Crippen molar-refractivity contribution >= 4 is 11.6 Å². The molecule has 0 radical (unpaired) electrons. The summed E-state index contributed by atoms with van der Waals surface area (Å²) in [6.07, 6.45) is 4.46. The van der Waals surface area contributed by atoms with Crippen molar-refractivity contribution in [1.29, 1.82) is 0 Å². The van der Waals surface area contributed by atoms with Crippen LogP contribution in [0.3, 0.4) is 0 Å². The molecule has 1 unspecified atom stereocenters. The number of anilines is 1. The zero-order valence-corrected chi connectivity index (χ0v) is 11.9. The van der Waals surface area contributed by atoms with Gasteiger partial charge in [0.1, 0.15) is 6.04 Å². The fourth-order valence-electron chi connectivity index (χ4n) is 3.10. The van der Waals surface area contributed by atoms with Gasteiger partial charge in [-0.3, -0.25) is 4.79 Å². The van der Waals surface area contributed by atoms with Gasteiger partial charge in [0.05, 0.1) is 0 Å². The molecule has 0 aromatic heterocycles. The van der Waals surface area contributed by atoms with Crippen molar-refractivity contribution in [3.63, 3.8) is 0 Å². The van der Waals surface area contributed by atoms with Crippen LogP contribution in [0.15, 0.2) is 24.3 Å². The number of fused-ring (bicyclic) bond motifs is 1. The lowest BCUT2D eigenvalue weighted by Gasteiger charge is -2.26. The van der Waals surface area contributed by atoms with Gasteiger partial charge in [-0.2, -0.15) is 0 Å². The summed E-state index contributed by atoms with van der Waals surface area (Å²) in [5, 5.41) is 6.42. The summed E-state index contributed by atoms with van der Waals surface area (Å²) in [6.45, 7) is 4.11. The third-order valence-corrected chi connectivity index (χ3v) is 4.29. The second-order valence-corrected chi connectivity index (χ2v) is 5.73. The predicted molar refractivity (Wildman–Crippen MR) is 80.9 cm³/mol. The van der Waals surface area contributed by atoms with Gasteiger partial charge in [-0.05, 0) is 50.4 Å². The highest BCUT2D eigenvalue weighted by Gasteiger charge is 2.23. The van der Waals surface area contributed by atoms with E-state index in [2.05, 4.69) is 33.7 Å². The Morgan fingerprint density at radius 3 is 2.95 bits per heavy atom. The van der Waals surface area contributed by atoms with Crippen molar-refractivity contribution < 1.29 is 4.79 Å². The lowest BCUT2D eigenvalue weighted by molar-refractivity contribution is -0.122. The van der Waals surface area contributed by atoms with Gasteiger partial charge in [-0.25, -0.2) is 0 Å². The second kappa shape index (κ2) is 6.27. The molecule has 1 amide bonds. The molecule has 2 aliphatic rings. The Bertz CT molecular complexity index is 469. The average Bonchev–Trinajstić information content (AvgIpc) is 3.00. The van der Waals surface area contributed by atoms with Gasteiger partial charge in [-0.15, -0.1) is 0 Å². The van der Waals surface area contributed by atoms with E-state index in [4.69, 9.17) is 0 Å². The number of benzene rings is 1. The van der Waals surface area contributed by atoms with Crippen LogP contribution in [0, 0.1) is 0 Å². The van der Waals surface area contributed by atoms with Crippen LogP contribution in [0.1, 0.15) is 24.8 Å². The monoisotopic (exact) mass is 273 g/mol. The number of likely N-dealkylation sites (tertiary alicyclic amines) is 1. The summed E-state index contributed by atoms with van der Waals surface area (Å²) in [4.78, 5) is 14.6. The van der Waals surface area contributed by atoms with Gasteiger partial charge in [0, 0.05) is 18.8 Å². The Kier molecular flexibility index (Phi) is 4.21. The minimum atomic E-state index is -0.0801. The maximum absolute atomic E-state index is 12.2. The Labute approximate surface area is 120 Å². The first-order valence-electron chi connectivity index (χ1n) is 7.67. The lowest BCUT2D eigenvalue weighted by atomic mass is 9.98. The van der Waals surface area contributed by atoms with E-state index in [1.54, 1.807) is 0 Å². The number of aryl methyl sites for hydroxylation is 1. The van der Waals surface area contributed by atoms with Gasteiger partial charge < -0.3 is 15.5 Å². The summed E-state index contributed by atoms with van der Waals surface area (Å²) in [6, 6.07) is 8.17. The Morgan fingerprint density at radius 1 is 1.30 bits per heavy atom. The molecule has 1 atom stereocenters. The van der Waals surface area contributed by atoms with E-state index in [-0.39, 0.29) is 11.9 Å². The summed E-state index contributed by atoms with van der Waals surface area (Å²) < 4.78 is 0. The largest absolute Gasteiger partial charge is 0.373 e. The summed E-state index contributed by atoms with van der Waals surface area (Å²) in [7, 11) is 0. The van der Waals surface area contributed by atoms with Crippen molar-refractivity contribution in [1.82, 2.24) is 10.2 Å². The number of rotatable bonds is 4. The quantitative estimate of drug-likeness (QED) is 0.876. The molecule has 20 heavy (non-hydrogen) atoms. The van der Waals surface area contributed by atoms with Crippen molar-refractivity contribution in [2.75, 3.05) is 31.5 Å². The molecule has 1 fully saturated rings. The summed E-state index contributed by atoms with van der Waals surface area (Å²) in [5.41, 5.74) is 2.42. The van der Waals surface area contributed by atoms with Crippen LogP contribution in [0.2, 0.25) is 0 Å². The summed E-state index contributed by atoms with van der Waals surface area (Å²) in [5.74, 6) is 0.138. The van der Waals surface area contributed by atoms with E-state index in [9.17, 15) is 4.79 Å². The zero-order valence-electron chi connectivity index (χ0n) is 11.9.